The number of hydrogen-bond donors (Lipinski definition) is 1. The number of anilines is 1. The van der Waals surface area contributed by atoms with Crippen LogP contribution in [0.3, 0.4) is 0 Å². The molecule has 0 heterocycles. The molecule has 2 aromatic rings. The minimum atomic E-state index is 0.750. The van der Waals surface area contributed by atoms with E-state index in [0.29, 0.717) is 0 Å². The van der Waals surface area contributed by atoms with E-state index in [9.17, 15) is 0 Å². The molecule has 0 spiro atoms. The van der Waals surface area contributed by atoms with Crippen molar-refractivity contribution in [3.63, 3.8) is 0 Å². The molecule has 0 atom stereocenters. The van der Waals surface area contributed by atoms with E-state index in [1.165, 1.54) is 24.8 Å². The van der Waals surface area contributed by atoms with Crippen molar-refractivity contribution < 1.29 is 9.47 Å². The summed E-state index contributed by atoms with van der Waals surface area (Å²) in [5.74, 6) is 1.91. The zero-order valence-electron chi connectivity index (χ0n) is 16.3. The van der Waals surface area contributed by atoms with E-state index in [2.05, 4.69) is 43.4 Å². The highest BCUT2D eigenvalue weighted by atomic mass is 16.5. The summed E-state index contributed by atoms with van der Waals surface area (Å²) in [4.78, 5) is 0. The average Bonchev–Trinajstić information content (AvgIpc) is 2.68. The van der Waals surface area contributed by atoms with Gasteiger partial charge in [-0.05, 0) is 43.2 Å². The van der Waals surface area contributed by atoms with Crippen LogP contribution < -0.4 is 14.8 Å². The molecular weight excluding hydrogens is 322 g/mol. The molecule has 0 saturated heterocycles. The van der Waals surface area contributed by atoms with Crippen molar-refractivity contribution in [3.8, 4) is 11.5 Å². The highest BCUT2D eigenvalue weighted by molar-refractivity contribution is 5.47. The van der Waals surface area contributed by atoms with Gasteiger partial charge < -0.3 is 14.8 Å². The average molecular weight is 356 g/mol. The van der Waals surface area contributed by atoms with Crippen LogP contribution in [0, 0.1) is 0 Å². The predicted molar refractivity (Wildman–Crippen MR) is 110 cm³/mol. The van der Waals surface area contributed by atoms with Crippen LogP contribution in [0.15, 0.2) is 48.5 Å². The zero-order valence-corrected chi connectivity index (χ0v) is 16.3. The molecule has 1 N–H and O–H groups in total. The smallest absolute Gasteiger partial charge is 0.124 e. The number of hydrogen-bond acceptors (Lipinski definition) is 3. The summed E-state index contributed by atoms with van der Waals surface area (Å²) in [6.07, 6.45) is 7.15. The maximum atomic E-state index is 5.90. The summed E-state index contributed by atoms with van der Waals surface area (Å²) >= 11 is 0. The Hall–Kier alpha value is -2.16. The molecule has 3 heteroatoms. The van der Waals surface area contributed by atoms with E-state index in [1.54, 1.807) is 0 Å². The Labute approximate surface area is 158 Å². The fraction of sp³-hybridized carbons (Fsp3) is 0.478. The van der Waals surface area contributed by atoms with Crippen LogP contribution >= 0.6 is 0 Å². The Kier molecular flexibility index (Phi) is 9.48. The first-order valence-corrected chi connectivity index (χ1v) is 10.0. The largest absolute Gasteiger partial charge is 0.494 e. The van der Waals surface area contributed by atoms with Gasteiger partial charge in [0.2, 0.25) is 0 Å². The summed E-state index contributed by atoms with van der Waals surface area (Å²) < 4.78 is 11.7. The van der Waals surface area contributed by atoms with Crippen molar-refractivity contribution in [2.75, 3.05) is 18.5 Å². The van der Waals surface area contributed by atoms with Crippen LogP contribution in [0.25, 0.3) is 0 Å². The molecule has 0 aromatic heterocycles. The molecule has 0 radical (unpaired) electrons. The van der Waals surface area contributed by atoms with Crippen molar-refractivity contribution in [3.05, 3.63) is 54.1 Å². The molecule has 142 valence electrons. The van der Waals surface area contributed by atoms with Gasteiger partial charge in [0.05, 0.1) is 13.2 Å². The zero-order chi connectivity index (χ0) is 18.5. The topological polar surface area (TPSA) is 30.5 Å². The Morgan fingerprint density at radius 3 is 2.23 bits per heavy atom. The molecule has 0 fully saturated rings. The van der Waals surface area contributed by atoms with E-state index in [0.717, 1.165) is 56.2 Å². The van der Waals surface area contributed by atoms with Crippen molar-refractivity contribution in [2.45, 2.75) is 58.9 Å². The third kappa shape index (κ3) is 7.38. The SMILES string of the molecule is CCCCCCOc1ccc(NCc2ccccc2OCCCC)cc1. The van der Waals surface area contributed by atoms with Crippen molar-refractivity contribution in [2.24, 2.45) is 0 Å². The molecule has 0 saturated carbocycles. The molecule has 3 nitrogen and oxygen atoms in total. The van der Waals surface area contributed by atoms with E-state index >= 15 is 0 Å². The van der Waals surface area contributed by atoms with E-state index < -0.39 is 0 Å². The van der Waals surface area contributed by atoms with Crippen LogP contribution in [0.2, 0.25) is 0 Å². The first kappa shape index (κ1) is 20.2. The molecule has 0 aliphatic rings. The van der Waals surface area contributed by atoms with Gasteiger partial charge in [0.1, 0.15) is 11.5 Å². The van der Waals surface area contributed by atoms with Crippen LogP contribution in [0.1, 0.15) is 57.9 Å². The molecule has 26 heavy (non-hydrogen) atoms. The third-order valence-electron chi connectivity index (χ3n) is 4.33. The van der Waals surface area contributed by atoms with Gasteiger partial charge in [0, 0.05) is 17.8 Å². The van der Waals surface area contributed by atoms with Crippen LogP contribution in [0.4, 0.5) is 5.69 Å². The fourth-order valence-electron chi connectivity index (χ4n) is 2.70. The molecule has 0 amide bonds. The molecule has 0 aliphatic carbocycles. The lowest BCUT2D eigenvalue weighted by Gasteiger charge is -2.13. The normalized spacial score (nSPS) is 10.5. The van der Waals surface area contributed by atoms with Gasteiger partial charge in [0.15, 0.2) is 0 Å². The van der Waals surface area contributed by atoms with E-state index in [-0.39, 0.29) is 0 Å². The van der Waals surface area contributed by atoms with E-state index in [4.69, 9.17) is 9.47 Å². The van der Waals surface area contributed by atoms with Crippen molar-refractivity contribution >= 4 is 5.69 Å². The second-order valence-electron chi connectivity index (χ2n) is 6.60. The molecule has 2 rings (SSSR count). The van der Waals surface area contributed by atoms with E-state index in [1.807, 2.05) is 24.3 Å². The Bertz CT molecular complexity index is 610. The molecule has 2 aromatic carbocycles. The highest BCUT2D eigenvalue weighted by Crippen LogP contribution is 2.21. The second kappa shape index (κ2) is 12.2. The summed E-state index contributed by atoms with van der Waals surface area (Å²) in [7, 11) is 0. The van der Waals surface area contributed by atoms with Crippen LogP contribution in [-0.2, 0) is 6.54 Å². The first-order chi connectivity index (χ1) is 12.8. The number of unbranched alkanes of at least 4 members (excludes halogenated alkanes) is 4. The monoisotopic (exact) mass is 355 g/mol. The quantitative estimate of drug-likeness (QED) is 0.420. The summed E-state index contributed by atoms with van der Waals surface area (Å²) in [5, 5.41) is 3.47. The number of para-hydroxylation sites is 1. The number of benzene rings is 2. The maximum Gasteiger partial charge on any atom is 0.124 e. The van der Waals surface area contributed by atoms with Gasteiger partial charge in [-0.3, -0.25) is 0 Å². The highest BCUT2D eigenvalue weighted by Gasteiger charge is 2.03. The Morgan fingerprint density at radius 2 is 1.46 bits per heavy atom. The third-order valence-corrected chi connectivity index (χ3v) is 4.33. The summed E-state index contributed by atoms with van der Waals surface area (Å²) in [6, 6.07) is 16.4. The summed E-state index contributed by atoms with van der Waals surface area (Å²) in [6.45, 7) is 6.73. The lowest BCUT2D eigenvalue weighted by molar-refractivity contribution is 0.305. The lowest BCUT2D eigenvalue weighted by Crippen LogP contribution is -2.04. The van der Waals surface area contributed by atoms with Gasteiger partial charge in [0.25, 0.3) is 0 Å². The second-order valence-corrected chi connectivity index (χ2v) is 6.60. The van der Waals surface area contributed by atoms with Crippen LogP contribution in [-0.4, -0.2) is 13.2 Å². The van der Waals surface area contributed by atoms with Gasteiger partial charge in [-0.2, -0.15) is 0 Å². The Morgan fingerprint density at radius 1 is 0.731 bits per heavy atom. The minimum absolute atomic E-state index is 0.750. The van der Waals surface area contributed by atoms with Gasteiger partial charge in [-0.25, -0.2) is 0 Å². The Balaban J connectivity index is 1.79. The number of nitrogens with one attached hydrogen (secondary N) is 1. The molecular formula is C23H33NO2. The van der Waals surface area contributed by atoms with Crippen molar-refractivity contribution in [1.82, 2.24) is 0 Å². The fourth-order valence-corrected chi connectivity index (χ4v) is 2.70. The van der Waals surface area contributed by atoms with Crippen LogP contribution in [0.5, 0.6) is 11.5 Å². The standard InChI is InChI=1S/C23H33NO2/c1-3-5-7-10-18-25-22-15-13-21(14-16-22)24-19-20-11-8-9-12-23(20)26-17-6-4-2/h8-9,11-16,24H,3-7,10,17-19H2,1-2H3. The maximum absolute atomic E-state index is 5.90. The number of ether oxygens (including phenoxy) is 2. The predicted octanol–water partition coefficient (Wildman–Crippen LogP) is 6.44. The van der Waals surface area contributed by atoms with Gasteiger partial charge in [-0.1, -0.05) is 57.7 Å². The number of rotatable bonds is 13. The van der Waals surface area contributed by atoms with Gasteiger partial charge in [-0.15, -0.1) is 0 Å². The lowest BCUT2D eigenvalue weighted by atomic mass is 10.2. The summed E-state index contributed by atoms with van der Waals surface area (Å²) in [5.41, 5.74) is 2.27. The molecule has 0 bridgehead atoms. The molecule has 0 unspecified atom stereocenters. The van der Waals surface area contributed by atoms with Crippen molar-refractivity contribution in [1.29, 1.82) is 0 Å². The van der Waals surface area contributed by atoms with Gasteiger partial charge >= 0.3 is 0 Å². The first-order valence-electron chi connectivity index (χ1n) is 10.0. The minimum Gasteiger partial charge on any atom is -0.494 e. The molecule has 0 aliphatic heterocycles.